The van der Waals surface area contributed by atoms with Crippen LogP contribution >= 0.6 is 0 Å². The lowest BCUT2D eigenvalue weighted by Gasteiger charge is -2.35. The Labute approximate surface area is 137 Å². The fourth-order valence-electron chi connectivity index (χ4n) is 3.04. The number of nitrogens with two attached hydrogens (primary N) is 1. The molecule has 0 bridgehead atoms. The molecule has 3 N–H and O–H groups in total. The molecule has 1 fully saturated rings. The third-order valence-electron chi connectivity index (χ3n) is 4.86. The van der Waals surface area contributed by atoms with Crippen molar-refractivity contribution < 1.29 is 14.3 Å². The van der Waals surface area contributed by atoms with E-state index in [0.717, 1.165) is 12.8 Å². The molecule has 0 heterocycles. The Balaban J connectivity index is 1.90. The summed E-state index contributed by atoms with van der Waals surface area (Å²) in [5, 5.41) is 3.11. The van der Waals surface area contributed by atoms with E-state index in [4.69, 9.17) is 10.5 Å². The van der Waals surface area contributed by atoms with Gasteiger partial charge in [0.25, 0.3) is 5.91 Å². The fourth-order valence-corrected chi connectivity index (χ4v) is 3.04. The Kier molecular flexibility index (Phi) is 5.64. The number of benzene rings is 1. The average Bonchev–Trinajstić information content (AvgIpc) is 2.52. The predicted octanol–water partition coefficient (Wildman–Crippen LogP) is 2.49. The molecular formula is C18H26N2O3. The van der Waals surface area contributed by atoms with E-state index in [-0.39, 0.29) is 11.9 Å². The highest BCUT2D eigenvalue weighted by atomic mass is 16.5. The number of ether oxygens (including phenoxy) is 1. The molecule has 2 rings (SSSR count). The first-order chi connectivity index (χ1) is 10.9. The van der Waals surface area contributed by atoms with Gasteiger partial charge < -0.3 is 15.8 Å². The van der Waals surface area contributed by atoms with Crippen LogP contribution in [0.2, 0.25) is 0 Å². The molecule has 0 radical (unpaired) electrons. The molecule has 1 aliphatic carbocycles. The van der Waals surface area contributed by atoms with E-state index in [0.29, 0.717) is 23.1 Å². The maximum atomic E-state index is 12.3. The molecule has 1 aromatic rings. The lowest BCUT2D eigenvalue weighted by atomic mass is 9.78. The second kappa shape index (κ2) is 7.49. The molecule has 0 spiro atoms. The van der Waals surface area contributed by atoms with E-state index in [1.165, 1.54) is 6.42 Å². The summed E-state index contributed by atoms with van der Waals surface area (Å²) in [6, 6.07) is 6.69. The molecule has 0 saturated heterocycles. The molecular weight excluding hydrogens is 292 g/mol. The number of carbonyl (C=O) groups excluding carboxylic acids is 2. The van der Waals surface area contributed by atoms with Gasteiger partial charge in [0.2, 0.25) is 5.91 Å². The molecule has 4 atom stereocenters. The maximum Gasteiger partial charge on any atom is 0.261 e. The molecule has 1 saturated carbocycles. The summed E-state index contributed by atoms with van der Waals surface area (Å²) < 4.78 is 5.65. The van der Waals surface area contributed by atoms with Gasteiger partial charge in [0.15, 0.2) is 6.10 Å². The molecule has 5 heteroatoms. The topological polar surface area (TPSA) is 81.4 Å². The van der Waals surface area contributed by atoms with Gasteiger partial charge in [-0.1, -0.05) is 26.7 Å². The second-order valence-corrected chi connectivity index (χ2v) is 6.53. The first-order valence-corrected chi connectivity index (χ1v) is 8.25. The van der Waals surface area contributed by atoms with Crippen LogP contribution in [0.15, 0.2) is 24.3 Å². The van der Waals surface area contributed by atoms with Gasteiger partial charge in [0.05, 0.1) is 0 Å². The zero-order valence-corrected chi connectivity index (χ0v) is 14.0. The van der Waals surface area contributed by atoms with Crippen molar-refractivity contribution in [1.82, 2.24) is 5.32 Å². The lowest BCUT2D eigenvalue weighted by molar-refractivity contribution is -0.128. The zero-order valence-electron chi connectivity index (χ0n) is 14.0. The van der Waals surface area contributed by atoms with E-state index in [2.05, 4.69) is 19.2 Å². The third kappa shape index (κ3) is 4.47. The van der Waals surface area contributed by atoms with Crippen molar-refractivity contribution in [3.63, 3.8) is 0 Å². The van der Waals surface area contributed by atoms with Crippen LogP contribution in [0.1, 0.15) is 50.4 Å². The van der Waals surface area contributed by atoms with Gasteiger partial charge in [-0.2, -0.15) is 0 Å². The number of hydrogen-bond donors (Lipinski definition) is 2. The molecule has 0 aliphatic heterocycles. The molecule has 0 aromatic heterocycles. The highest BCUT2D eigenvalue weighted by Crippen LogP contribution is 2.29. The van der Waals surface area contributed by atoms with Gasteiger partial charge in [-0.3, -0.25) is 9.59 Å². The SMILES string of the molecule is C[C@@H]1[C@@H](C)CCC[C@H]1NC(=O)[C@@H](C)Oc1ccc(C(N)=O)cc1. The Morgan fingerprint density at radius 1 is 1.22 bits per heavy atom. The molecule has 2 amide bonds. The summed E-state index contributed by atoms with van der Waals surface area (Å²) in [5.74, 6) is 1.07. The van der Waals surface area contributed by atoms with Crippen LogP contribution in [0.3, 0.4) is 0 Å². The minimum Gasteiger partial charge on any atom is -0.481 e. The number of rotatable bonds is 5. The number of amides is 2. The number of nitrogens with one attached hydrogen (secondary N) is 1. The van der Waals surface area contributed by atoms with E-state index in [1.807, 2.05) is 0 Å². The normalized spacial score (nSPS) is 25.4. The standard InChI is InChI=1S/C18H26N2O3/c1-11-5-4-6-16(12(11)2)20-18(22)13(3)23-15-9-7-14(8-10-15)17(19)21/h7-13,16H,4-6H2,1-3H3,(H2,19,21)(H,20,22)/t11-,12+,13+,16+/m0/s1. The van der Waals surface area contributed by atoms with Crippen LogP contribution < -0.4 is 15.8 Å². The summed E-state index contributed by atoms with van der Waals surface area (Å²) in [4.78, 5) is 23.4. The molecule has 126 valence electrons. The summed E-state index contributed by atoms with van der Waals surface area (Å²) >= 11 is 0. The smallest absolute Gasteiger partial charge is 0.261 e. The van der Waals surface area contributed by atoms with Gasteiger partial charge in [-0.25, -0.2) is 0 Å². The van der Waals surface area contributed by atoms with Crippen LogP contribution in [0.25, 0.3) is 0 Å². The molecule has 0 unspecified atom stereocenters. The van der Waals surface area contributed by atoms with Crippen LogP contribution in [0.4, 0.5) is 0 Å². The Morgan fingerprint density at radius 2 is 1.87 bits per heavy atom. The third-order valence-corrected chi connectivity index (χ3v) is 4.86. The van der Waals surface area contributed by atoms with Crippen LogP contribution in [-0.4, -0.2) is 24.0 Å². The minimum absolute atomic E-state index is 0.102. The summed E-state index contributed by atoms with van der Waals surface area (Å²) in [5.41, 5.74) is 5.61. The first-order valence-electron chi connectivity index (χ1n) is 8.25. The zero-order chi connectivity index (χ0) is 17.0. The average molecular weight is 318 g/mol. The largest absolute Gasteiger partial charge is 0.481 e. The maximum absolute atomic E-state index is 12.3. The van der Waals surface area contributed by atoms with Gasteiger partial charge in [-0.05, 0) is 49.4 Å². The van der Waals surface area contributed by atoms with Crippen molar-refractivity contribution in [2.24, 2.45) is 17.6 Å². The van der Waals surface area contributed by atoms with Gasteiger partial charge in [0, 0.05) is 11.6 Å². The lowest BCUT2D eigenvalue weighted by Crippen LogP contribution is -2.48. The quantitative estimate of drug-likeness (QED) is 0.875. The van der Waals surface area contributed by atoms with Crippen molar-refractivity contribution in [2.75, 3.05) is 0 Å². The molecule has 23 heavy (non-hydrogen) atoms. The van der Waals surface area contributed by atoms with Crippen molar-refractivity contribution in [1.29, 1.82) is 0 Å². The Morgan fingerprint density at radius 3 is 2.48 bits per heavy atom. The Hall–Kier alpha value is -2.04. The van der Waals surface area contributed by atoms with Crippen molar-refractivity contribution >= 4 is 11.8 Å². The van der Waals surface area contributed by atoms with Crippen molar-refractivity contribution in [3.8, 4) is 5.75 Å². The first kappa shape index (κ1) is 17.3. The molecule has 5 nitrogen and oxygen atoms in total. The number of primary amides is 1. The number of carbonyl (C=O) groups is 2. The highest BCUT2D eigenvalue weighted by Gasteiger charge is 2.29. The van der Waals surface area contributed by atoms with Crippen LogP contribution in [0, 0.1) is 11.8 Å². The van der Waals surface area contributed by atoms with Gasteiger partial charge >= 0.3 is 0 Å². The van der Waals surface area contributed by atoms with E-state index >= 15 is 0 Å². The molecule has 1 aliphatic rings. The summed E-state index contributed by atoms with van der Waals surface area (Å²) in [6.45, 7) is 6.17. The predicted molar refractivity (Wildman–Crippen MR) is 89.2 cm³/mol. The van der Waals surface area contributed by atoms with Crippen LogP contribution in [0.5, 0.6) is 5.75 Å². The van der Waals surface area contributed by atoms with Crippen LogP contribution in [-0.2, 0) is 4.79 Å². The minimum atomic E-state index is -0.584. The fraction of sp³-hybridized carbons (Fsp3) is 0.556. The van der Waals surface area contributed by atoms with E-state index < -0.39 is 12.0 Å². The van der Waals surface area contributed by atoms with Crippen molar-refractivity contribution in [2.45, 2.75) is 52.2 Å². The Bertz CT molecular complexity index is 556. The van der Waals surface area contributed by atoms with Gasteiger partial charge in [0.1, 0.15) is 5.75 Å². The van der Waals surface area contributed by atoms with Crippen molar-refractivity contribution in [3.05, 3.63) is 29.8 Å². The highest BCUT2D eigenvalue weighted by molar-refractivity contribution is 5.92. The number of hydrogen-bond acceptors (Lipinski definition) is 3. The van der Waals surface area contributed by atoms with Gasteiger partial charge in [-0.15, -0.1) is 0 Å². The van der Waals surface area contributed by atoms with E-state index in [1.54, 1.807) is 31.2 Å². The second-order valence-electron chi connectivity index (χ2n) is 6.53. The van der Waals surface area contributed by atoms with E-state index in [9.17, 15) is 9.59 Å². The summed E-state index contributed by atoms with van der Waals surface area (Å²) in [7, 11) is 0. The molecule has 1 aromatic carbocycles. The summed E-state index contributed by atoms with van der Waals surface area (Å²) in [6.07, 6.45) is 2.82. The monoisotopic (exact) mass is 318 g/mol.